The second-order valence-electron chi connectivity index (χ2n) is 5.34. The van der Waals surface area contributed by atoms with Gasteiger partial charge < -0.3 is 27.0 Å². The fourth-order valence-corrected chi connectivity index (χ4v) is 3.17. The fraction of sp³-hybridized carbons (Fsp3) is 0.200. The molecule has 3 aromatic rings. The summed E-state index contributed by atoms with van der Waals surface area (Å²) < 4.78 is 1.63. The number of anilines is 3. The van der Waals surface area contributed by atoms with Crippen molar-refractivity contribution in [1.29, 1.82) is 5.41 Å². The summed E-state index contributed by atoms with van der Waals surface area (Å²) in [5.41, 5.74) is 10.4. The van der Waals surface area contributed by atoms with Crippen molar-refractivity contribution in [3.63, 3.8) is 0 Å². The van der Waals surface area contributed by atoms with Crippen molar-refractivity contribution in [2.45, 2.75) is 13.1 Å². The average molecular weight is 373 g/mol. The number of hydrogen-bond acceptors (Lipinski definition) is 10. The standard InChI is InChI=1S/C15H19N9OS/c16-4-13-11(17)3-10(26-13)6-19-14-15(23-18)20-7-12(22-14)9-5-21-24(8-9)1-2-25/h3-5,7-8,16,25H,1-2,6,17-18H2,(H,19,22)(H,20,23). The number of hydrogen-bond donors (Lipinski definition) is 6. The molecule has 0 aromatic carbocycles. The van der Waals surface area contributed by atoms with E-state index in [-0.39, 0.29) is 6.61 Å². The van der Waals surface area contributed by atoms with Crippen LogP contribution in [0.2, 0.25) is 0 Å². The number of thiophene rings is 1. The number of rotatable bonds is 8. The molecule has 0 radical (unpaired) electrons. The highest BCUT2D eigenvalue weighted by Crippen LogP contribution is 2.26. The first-order chi connectivity index (χ1) is 12.6. The lowest BCUT2D eigenvalue weighted by molar-refractivity contribution is 0.269. The number of aliphatic hydroxyl groups excluding tert-OH is 1. The van der Waals surface area contributed by atoms with Crippen LogP contribution in [0.4, 0.5) is 17.3 Å². The molecule has 26 heavy (non-hydrogen) atoms. The van der Waals surface area contributed by atoms with Gasteiger partial charge in [0.05, 0.1) is 48.3 Å². The third kappa shape index (κ3) is 3.79. The Hall–Kier alpha value is -3.02. The van der Waals surface area contributed by atoms with E-state index < -0.39 is 0 Å². The van der Waals surface area contributed by atoms with Crippen LogP contribution in [0.3, 0.4) is 0 Å². The summed E-state index contributed by atoms with van der Waals surface area (Å²) in [6.45, 7) is 0.896. The van der Waals surface area contributed by atoms with Crippen molar-refractivity contribution in [1.82, 2.24) is 19.7 Å². The van der Waals surface area contributed by atoms with Gasteiger partial charge in [-0.15, -0.1) is 11.3 Å². The summed E-state index contributed by atoms with van der Waals surface area (Å²) in [7, 11) is 0. The zero-order valence-corrected chi connectivity index (χ0v) is 14.6. The van der Waals surface area contributed by atoms with Crippen molar-refractivity contribution in [3.8, 4) is 11.3 Å². The van der Waals surface area contributed by atoms with E-state index >= 15 is 0 Å². The molecule has 10 nitrogen and oxygen atoms in total. The molecule has 11 heteroatoms. The second-order valence-corrected chi connectivity index (χ2v) is 6.51. The predicted molar refractivity (Wildman–Crippen MR) is 102 cm³/mol. The van der Waals surface area contributed by atoms with Crippen LogP contribution in [-0.4, -0.2) is 37.7 Å². The zero-order chi connectivity index (χ0) is 18.5. The molecule has 3 rings (SSSR count). The molecule has 3 aromatic heterocycles. The molecule has 0 fully saturated rings. The molecule has 0 saturated carbocycles. The number of nitrogens with zero attached hydrogens (tertiary/aromatic N) is 4. The maximum atomic E-state index is 8.99. The number of nitrogens with one attached hydrogen (secondary N) is 3. The molecule has 0 atom stereocenters. The Bertz CT molecular complexity index is 904. The largest absolute Gasteiger partial charge is 0.398 e. The summed E-state index contributed by atoms with van der Waals surface area (Å²) in [6, 6.07) is 1.82. The predicted octanol–water partition coefficient (Wildman–Crippen LogP) is 0.871. The minimum Gasteiger partial charge on any atom is -0.398 e. The number of hydrazine groups is 1. The Morgan fingerprint density at radius 1 is 1.35 bits per heavy atom. The Morgan fingerprint density at radius 2 is 2.19 bits per heavy atom. The SMILES string of the molecule is N=Cc1sc(CNc2nc(-c3cnn(CCO)c3)cnc2NN)cc1N. The number of aromatic nitrogens is 4. The number of aliphatic hydroxyl groups is 1. The van der Waals surface area contributed by atoms with Gasteiger partial charge in [-0.3, -0.25) is 4.68 Å². The second kappa shape index (κ2) is 7.91. The van der Waals surface area contributed by atoms with E-state index in [9.17, 15) is 0 Å². The summed E-state index contributed by atoms with van der Waals surface area (Å²) in [5, 5.41) is 23.7. The fourth-order valence-electron chi connectivity index (χ4n) is 2.32. The lowest BCUT2D eigenvalue weighted by Crippen LogP contribution is -2.13. The molecule has 0 spiro atoms. The lowest BCUT2D eigenvalue weighted by atomic mass is 10.2. The molecule has 0 aliphatic heterocycles. The maximum absolute atomic E-state index is 8.99. The zero-order valence-electron chi connectivity index (χ0n) is 13.8. The van der Waals surface area contributed by atoms with Gasteiger partial charge in [-0.1, -0.05) is 0 Å². The van der Waals surface area contributed by atoms with Gasteiger partial charge in [0, 0.05) is 22.9 Å². The first-order valence-corrected chi connectivity index (χ1v) is 8.56. The number of nitrogen functional groups attached to an aromatic ring is 2. The third-order valence-electron chi connectivity index (χ3n) is 3.57. The molecule has 136 valence electrons. The highest BCUT2D eigenvalue weighted by Gasteiger charge is 2.11. The molecule has 8 N–H and O–H groups in total. The normalized spacial score (nSPS) is 10.7. The van der Waals surface area contributed by atoms with E-state index in [2.05, 4.69) is 25.8 Å². The van der Waals surface area contributed by atoms with Crippen LogP contribution in [0.1, 0.15) is 9.75 Å². The van der Waals surface area contributed by atoms with Gasteiger partial charge in [0.2, 0.25) is 0 Å². The smallest absolute Gasteiger partial charge is 0.183 e. The topological polar surface area (TPSA) is 164 Å². The summed E-state index contributed by atoms with van der Waals surface area (Å²) >= 11 is 1.43. The van der Waals surface area contributed by atoms with Gasteiger partial charge in [0.15, 0.2) is 11.6 Å². The highest BCUT2D eigenvalue weighted by molar-refractivity contribution is 7.14. The molecule has 0 unspecified atom stereocenters. The molecule has 0 saturated heterocycles. The van der Waals surface area contributed by atoms with Gasteiger partial charge >= 0.3 is 0 Å². The first kappa shape index (κ1) is 17.8. The van der Waals surface area contributed by atoms with E-state index in [0.717, 1.165) is 15.3 Å². The molecule has 0 bridgehead atoms. The van der Waals surface area contributed by atoms with Crippen molar-refractivity contribution >= 4 is 34.9 Å². The average Bonchev–Trinajstić information content (AvgIpc) is 3.26. The molecule has 0 amide bonds. The van der Waals surface area contributed by atoms with Crippen molar-refractivity contribution in [2.75, 3.05) is 23.1 Å². The van der Waals surface area contributed by atoms with Crippen molar-refractivity contribution in [2.24, 2.45) is 5.84 Å². The van der Waals surface area contributed by atoms with Crippen LogP contribution in [0.25, 0.3) is 11.3 Å². The first-order valence-electron chi connectivity index (χ1n) is 7.74. The van der Waals surface area contributed by atoms with Crippen LogP contribution in [0.15, 0.2) is 24.7 Å². The minimum absolute atomic E-state index is 0.0112. The van der Waals surface area contributed by atoms with Crippen molar-refractivity contribution < 1.29 is 5.11 Å². The molecule has 0 aliphatic rings. The van der Waals surface area contributed by atoms with Crippen LogP contribution in [0, 0.1) is 5.41 Å². The van der Waals surface area contributed by atoms with Crippen LogP contribution in [-0.2, 0) is 13.1 Å². The van der Waals surface area contributed by atoms with Gasteiger partial charge in [-0.05, 0) is 6.07 Å². The van der Waals surface area contributed by atoms with E-state index in [1.807, 2.05) is 6.07 Å². The third-order valence-corrected chi connectivity index (χ3v) is 4.67. The van der Waals surface area contributed by atoms with E-state index in [1.165, 1.54) is 17.6 Å². The Morgan fingerprint density at radius 3 is 2.88 bits per heavy atom. The molecular weight excluding hydrogens is 354 g/mol. The van der Waals surface area contributed by atoms with Crippen LogP contribution >= 0.6 is 11.3 Å². The Balaban J connectivity index is 1.81. The van der Waals surface area contributed by atoms with Crippen LogP contribution < -0.4 is 22.3 Å². The van der Waals surface area contributed by atoms with E-state index in [4.69, 9.17) is 22.1 Å². The van der Waals surface area contributed by atoms with Gasteiger partial charge in [0.25, 0.3) is 0 Å². The molecule has 0 aliphatic carbocycles. The Kier molecular flexibility index (Phi) is 5.41. The maximum Gasteiger partial charge on any atom is 0.183 e. The van der Waals surface area contributed by atoms with E-state index in [1.54, 1.807) is 23.3 Å². The molecule has 3 heterocycles. The van der Waals surface area contributed by atoms with Gasteiger partial charge in [-0.25, -0.2) is 15.8 Å². The summed E-state index contributed by atoms with van der Waals surface area (Å²) in [5.74, 6) is 6.42. The van der Waals surface area contributed by atoms with Gasteiger partial charge in [0.1, 0.15) is 0 Å². The lowest BCUT2D eigenvalue weighted by Gasteiger charge is -2.10. The minimum atomic E-state index is 0.0112. The monoisotopic (exact) mass is 373 g/mol. The van der Waals surface area contributed by atoms with Crippen LogP contribution in [0.5, 0.6) is 0 Å². The quantitative estimate of drug-likeness (QED) is 0.192. The summed E-state index contributed by atoms with van der Waals surface area (Å²) in [4.78, 5) is 10.5. The molecular formula is C15H19N9OS. The summed E-state index contributed by atoms with van der Waals surface area (Å²) in [6.07, 6.45) is 6.28. The number of nitrogens with two attached hydrogens (primary N) is 2. The Labute approximate surface area is 153 Å². The van der Waals surface area contributed by atoms with Gasteiger partial charge in [-0.2, -0.15) is 5.10 Å². The highest BCUT2D eigenvalue weighted by atomic mass is 32.1. The van der Waals surface area contributed by atoms with E-state index in [0.29, 0.717) is 36.1 Å². The van der Waals surface area contributed by atoms with Crippen molar-refractivity contribution in [3.05, 3.63) is 34.4 Å².